The highest BCUT2D eigenvalue weighted by Gasteiger charge is 2.36. The number of carbonyl (C=O) groups is 3. The van der Waals surface area contributed by atoms with E-state index in [1.807, 2.05) is 36.4 Å². The number of benzene rings is 2. The van der Waals surface area contributed by atoms with Gasteiger partial charge >= 0.3 is 6.03 Å². The van der Waals surface area contributed by atoms with Crippen LogP contribution >= 0.6 is 11.3 Å². The number of nitrogens with zero attached hydrogens (tertiary/aromatic N) is 3. The van der Waals surface area contributed by atoms with Crippen LogP contribution in [0.25, 0.3) is 10.1 Å². The van der Waals surface area contributed by atoms with Crippen LogP contribution in [0.3, 0.4) is 0 Å². The van der Waals surface area contributed by atoms with Crippen LogP contribution in [0.4, 0.5) is 4.79 Å². The summed E-state index contributed by atoms with van der Waals surface area (Å²) in [6, 6.07) is 15.2. The van der Waals surface area contributed by atoms with Crippen LogP contribution in [0.2, 0.25) is 0 Å². The predicted octanol–water partition coefficient (Wildman–Crippen LogP) is 2.46. The van der Waals surface area contributed by atoms with E-state index in [4.69, 9.17) is 4.79 Å². The van der Waals surface area contributed by atoms with E-state index < -0.39 is 22.1 Å². The van der Waals surface area contributed by atoms with Gasteiger partial charge in [-0.3, -0.25) is 9.69 Å². The molecule has 0 bridgehead atoms. The quantitative estimate of drug-likeness (QED) is 0.303. The highest BCUT2D eigenvalue weighted by atomic mass is 32.2. The Kier molecular flexibility index (Phi) is 9.29. The predicted molar refractivity (Wildman–Crippen MR) is 137 cm³/mol. The molecule has 1 aromatic heterocycles. The summed E-state index contributed by atoms with van der Waals surface area (Å²) >= 11 is 1.58. The number of hydrogen-bond donors (Lipinski definition) is 2. The third-order valence-corrected chi connectivity index (χ3v) is 8.56. The number of carbonyl (C=O) groups excluding carboxylic acids is 3. The van der Waals surface area contributed by atoms with Crippen molar-refractivity contribution < 1.29 is 28.0 Å². The van der Waals surface area contributed by atoms with E-state index in [2.05, 4.69) is 5.48 Å². The maximum absolute atomic E-state index is 13.7. The fraction of sp³-hybridized carbons (Fsp3) is 0.292. The van der Waals surface area contributed by atoms with Crippen LogP contribution in [0.15, 0.2) is 60.0 Å². The normalized spacial score (nSPS) is 14.9. The Hall–Kier alpha value is -3.16. The van der Waals surface area contributed by atoms with Gasteiger partial charge in [-0.25, -0.2) is 18.7 Å². The summed E-state index contributed by atoms with van der Waals surface area (Å²) in [4.78, 5) is 35.0. The molecule has 0 saturated carbocycles. The van der Waals surface area contributed by atoms with E-state index >= 15 is 0 Å². The molecular weight excluding hydrogens is 504 g/mol. The molecule has 192 valence electrons. The van der Waals surface area contributed by atoms with Crippen molar-refractivity contribution in [2.75, 3.05) is 33.2 Å². The molecule has 10 nitrogen and oxygen atoms in total. The average Bonchev–Trinajstić information content (AvgIpc) is 3.43. The maximum atomic E-state index is 13.7. The van der Waals surface area contributed by atoms with Crippen LogP contribution in [-0.4, -0.2) is 79.7 Å². The molecule has 1 saturated heterocycles. The van der Waals surface area contributed by atoms with E-state index in [0.29, 0.717) is 11.1 Å². The Morgan fingerprint density at radius 2 is 1.86 bits per heavy atom. The number of hydroxylamine groups is 1. The van der Waals surface area contributed by atoms with E-state index in [1.165, 1.54) is 16.3 Å². The molecule has 0 unspecified atom stereocenters. The molecule has 1 atom stereocenters. The number of amides is 3. The zero-order valence-electron chi connectivity index (χ0n) is 19.7. The molecule has 4 rings (SSSR count). The summed E-state index contributed by atoms with van der Waals surface area (Å²) in [7, 11) is -2.39. The number of sulfonamides is 1. The molecular formula is C24H28N4O6S2. The van der Waals surface area contributed by atoms with Gasteiger partial charge in [-0.2, -0.15) is 4.31 Å². The first-order valence-corrected chi connectivity index (χ1v) is 13.5. The molecule has 1 aliphatic rings. The van der Waals surface area contributed by atoms with Gasteiger partial charge in [-0.05, 0) is 40.1 Å². The van der Waals surface area contributed by atoms with Crippen molar-refractivity contribution in [1.82, 2.24) is 19.6 Å². The third-order valence-electron chi connectivity index (χ3n) is 5.81. The van der Waals surface area contributed by atoms with Gasteiger partial charge in [0.2, 0.25) is 15.9 Å². The first-order chi connectivity index (χ1) is 17.3. The Balaban J connectivity index is 0.00000176. The second-order valence-electron chi connectivity index (χ2n) is 8.13. The molecule has 36 heavy (non-hydrogen) atoms. The maximum Gasteiger partial charge on any atom is 0.327 e. The number of nitrogens with one attached hydrogen (secondary N) is 1. The number of fused-ring (bicyclic) bond motifs is 1. The summed E-state index contributed by atoms with van der Waals surface area (Å²) in [6.07, 6.45) is 0. The first kappa shape index (κ1) is 27.4. The molecule has 2 N–H and O–H groups in total. The smallest absolute Gasteiger partial charge is 0.318 e. The molecule has 2 aromatic carbocycles. The van der Waals surface area contributed by atoms with Crippen LogP contribution in [-0.2, 0) is 25.4 Å². The standard InChI is InChI=1S/C23H26N4O5S2.CH2O/c1-25-15-22(28)26(23(25)29)10-11-27(20(14-24-30)18-5-3-2-4-6-18)34(31,32)16-17-7-8-21-19(13-17)9-12-33-21;1-2/h2-9,12-13,20,24,30H,10-11,14-16H2,1H3;1H2/t20-;/m0./s1. The molecule has 2 heterocycles. The van der Waals surface area contributed by atoms with Gasteiger partial charge < -0.3 is 14.9 Å². The van der Waals surface area contributed by atoms with Gasteiger partial charge in [0.1, 0.15) is 13.3 Å². The number of urea groups is 1. The lowest BCUT2D eigenvalue weighted by Crippen LogP contribution is -2.45. The Bertz CT molecular complexity index is 1300. The van der Waals surface area contributed by atoms with Crippen molar-refractivity contribution >= 4 is 50.2 Å². The van der Waals surface area contributed by atoms with E-state index in [-0.39, 0.29) is 37.8 Å². The molecule has 0 radical (unpaired) electrons. The molecule has 0 spiro atoms. The van der Waals surface area contributed by atoms with Gasteiger partial charge in [0.05, 0.1) is 11.8 Å². The highest BCUT2D eigenvalue weighted by Crippen LogP contribution is 2.28. The number of thiophene rings is 1. The lowest BCUT2D eigenvalue weighted by molar-refractivity contribution is -0.125. The summed E-state index contributed by atoms with van der Waals surface area (Å²) in [5, 5.41) is 12.4. The third kappa shape index (κ3) is 6.15. The molecule has 12 heteroatoms. The van der Waals surface area contributed by atoms with Crippen molar-refractivity contribution in [3.63, 3.8) is 0 Å². The largest absolute Gasteiger partial charge is 0.327 e. The summed E-state index contributed by atoms with van der Waals surface area (Å²) < 4.78 is 29.8. The van der Waals surface area contributed by atoms with Gasteiger partial charge in [0.15, 0.2) is 0 Å². The topological polar surface area (TPSA) is 127 Å². The van der Waals surface area contributed by atoms with Crippen LogP contribution in [0.1, 0.15) is 17.2 Å². The van der Waals surface area contributed by atoms with E-state index in [9.17, 15) is 23.2 Å². The van der Waals surface area contributed by atoms with Crippen molar-refractivity contribution in [3.05, 3.63) is 71.1 Å². The number of hydrogen-bond acceptors (Lipinski definition) is 8. The summed E-state index contributed by atoms with van der Waals surface area (Å²) in [5.41, 5.74) is 3.41. The van der Waals surface area contributed by atoms with Crippen molar-refractivity contribution in [1.29, 1.82) is 0 Å². The molecule has 3 aromatic rings. The lowest BCUT2D eigenvalue weighted by atomic mass is 10.1. The van der Waals surface area contributed by atoms with Crippen molar-refractivity contribution in [2.24, 2.45) is 0 Å². The molecule has 0 aliphatic carbocycles. The minimum absolute atomic E-state index is 0.0352. The zero-order chi connectivity index (χ0) is 26.3. The van der Waals surface area contributed by atoms with E-state index in [0.717, 1.165) is 15.0 Å². The van der Waals surface area contributed by atoms with E-state index in [1.54, 1.807) is 41.7 Å². The van der Waals surface area contributed by atoms with Gasteiger partial charge in [-0.15, -0.1) is 11.3 Å². The van der Waals surface area contributed by atoms with Crippen LogP contribution < -0.4 is 5.48 Å². The highest BCUT2D eigenvalue weighted by molar-refractivity contribution is 7.88. The number of imide groups is 1. The molecule has 1 fully saturated rings. The second-order valence-corrected chi connectivity index (χ2v) is 11.0. The van der Waals surface area contributed by atoms with Crippen LogP contribution in [0.5, 0.6) is 0 Å². The Morgan fingerprint density at radius 3 is 2.50 bits per heavy atom. The van der Waals surface area contributed by atoms with Gasteiger partial charge in [0.25, 0.3) is 0 Å². The Labute approximate surface area is 213 Å². The van der Waals surface area contributed by atoms with Crippen LogP contribution in [0, 0.1) is 0 Å². The minimum Gasteiger partial charge on any atom is -0.318 e. The number of likely N-dealkylation sites (N-methyl/N-ethyl adjacent to an activating group) is 1. The summed E-state index contributed by atoms with van der Waals surface area (Å²) in [5.74, 6) is -0.626. The Morgan fingerprint density at radius 1 is 1.14 bits per heavy atom. The second kappa shape index (κ2) is 12.2. The monoisotopic (exact) mass is 532 g/mol. The average molecular weight is 533 g/mol. The first-order valence-electron chi connectivity index (χ1n) is 11.0. The molecule has 1 aliphatic heterocycles. The summed E-state index contributed by atoms with van der Waals surface area (Å²) in [6.45, 7) is 1.72. The number of rotatable bonds is 10. The van der Waals surface area contributed by atoms with Crippen molar-refractivity contribution in [3.8, 4) is 0 Å². The van der Waals surface area contributed by atoms with Gasteiger partial charge in [-0.1, -0.05) is 36.4 Å². The minimum atomic E-state index is -3.91. The van der Waals surface area contributed by atoms with Gasteiger partial charge in [0, 0.05) is 31.4 Å². The van der Waals surface area contributed by atoms with Crippen molar-refractivity contribution in [2.45, 2.75) is 11.8 Å². The fourth-order valence-corrected chi connectivity index (χ4v) is 6.60. The molecule has 3 amide bonds. The SMILES string of the molecule is C=O.CN1CC(=O)N(CCN([C@@H](CNO)c2ccccc2)S(=O)(=O)Cc2ccc3sccc3c2)C1=O. The fourth-order valence-electron chi connectivity index (χ4n) is 4.12. The zero-order valence-corrected chi connectivity index (χ0v) is 21.4. The lowest BCUT2D eigenvalue weighted by Gasteiger charge is -2.32.